The standard InChI is InChI=1S/C16H27NS/c1-4-7-15-8-10-16(11-9-15)14(2)17-12-5-6-13-18-3/h8-11,14,17H,4-7,12-13H2,1-3H3. The molecule has 0 bridgehead atoms. The van der Waals surface area contributed by atoms with Crippen molar-refractivity contribution in [3.05, 3.63) is 35.4 Å². The summed E-state index contributed by atoms with van der Waals surface area (Å²) in [4.78, 5) is 0. The Morgan fingerprint density at radius 2 is 1.89 bits per heavy atom. The van der Waals surface area contributed by atoms with Crippen LogP contribution in [0.3, 0.4) is 0 Å². The van der Waals surface area contributed by atoms with Crippen molar-refractivity contribution >= 4 is 11.8 Å². The molecule has 0 spiro atoms. The Hall–Kier alpha value is -0.470. The van der Waals surface area contributed by atoms with Gasteiger partial charge in [-0.3, -0.25) is 0 Å². The molecule has 1 aromatic carbocycles. The van der Waals surface area contributed by atoms with Crippen molar-refractivity contribution in [2.45, 2.75) is 45.6 Å². The molecule has 102 valence electrons. The van der Waals surface area contributed by atoms with E-state index in [0.717, 1.165) is 6.54 Å². The summed E-state index contributed by atoms with van der Waals surface area (Å²) in [6.07, 6.45) is 7.18. The molecule has 0 saturated heterocycles. The Morgan fingerprint density at radius 1 is 1.17 bits per heavy atom. The average Bonchev–Trinajstić information content (AvgIpc) is 2.39. The molecule has 1 aromatic rings. The third-order valence-corrected chi connectivity index (χ3v) is 3.94. The molecule has 0 aliphatic carbocycles. The zero-order chi connectivity index (χ0) is 13.2. The lowest BCUT2D eigenvalue weighted by Gasteiger charge is -2.14. The molecule has 0 aliphatic rings. The van der Waals surface area contributed by atoms with E-state index in [1.54, 1.807) is 0 Å². The first-order valence-electron chi connectivity index (χ1n) is 7.09. The minimum atomic E-state index is 0.468. The molecule has 1 rings (SSSR count). The molecule has 1 unspecified atom stereocenters. The van der Waals surface area contributed by atoms with E-state index in [-0.39, 0.29) is 0 Å². The fraction of sp³-hybridized carbons (Fsp3) is 0.625. The maximum absolute atomic E-state index is 3.60. The van der Waals surface area contributed by atoms with Gasteiger partial charge in [-0.15, -0.1) is 0 Å². The lowest BCUT2D eigenvalue weighted by molar-refractivity contribution is 0.555. The monoisotopic (exact) mass is 265 g/mol. The van der Waals surface area contributed by atoms with E-state index in [0.29, 0.717) is 6.04 Å². The van der Waals surface area contributed by atoms with Gasteiger partial charge in [0, 0.05) is 6.04 Å². The summed E-state index contributed by atoms with van der Waals surface area (Å²) in [5.41, 5.74) is 2.85. The highest BCUT2D eigenvalue weighted by Crippen LogP contribution is 2.14. The summed E-state index contributed by atoms with van der Waals surface area (Å²) in [6, 6.07) is 9.54. The van der Waals surface area contributed by atoms with Crippen molar-refractivity contribution in [2.75, 3.05) is 18.6 Å². The fourth-order valence-corrected chi connectivity index (χ4v) is 2.56. The summed E-state index contributed by atoms with van der Waals surface area (Å²) >= 11 is 1.94. The van der Waals surface area contributed by atoms with Crippen LogP contribution in [0.25, 0.3) is 0 Å². The van der Waals surface area contributed by atoms with Crippen molar-refractivity contribution in [3.63, 3.8) is 0 Å². The minimum absolute atomic E-state index is 0.468. The molecular formula is C16H27NS. The van der Waals surface area contributed by atoms with Crippen LogP contribution in [0.5, 0.6) is 0 Å². The number of unbranched alkanes of at least 4 members (excludes halogenated alkanes) is 1. The second-order valence-corrected chi connectivity index (χ2v) is 5.85. The van der Waals surface area contributed by atoms with Crippen LogP contribution < -0.4 is 5.32 Å². The summed E-state index contributed by atoms with van der Waals surface area (Å²) in [5, 5.41) is 3.60. The average molecular weight is 265 g/mol. The summed E-state index contributed by atoms with van der Waals surface area (Å²) in [7, 11) is 0. The lowest BCUT2D eigenvalue weighted by atomic mass is 10.0. The fourth-order valence-electron chi connectivity index (χ4n) is 2.07. The van der Waals surface area contributed by atoms with Gasteiger partial charge < -0.3 is 5.32 Å². The maximum atomic E-state index is 3.60. The normalized spacial score (nSPS) is 12.6. The van der Waals surface area contributed by atoms with Gasteiger partial charge in [0.25, 0.3) is 0 Å². The van der Waals surface area contributed by atoms with Crippen LogP contribution in [0.2, 0.25) is 0 Å². The quantitative estimate of drug-likeness (QED) is 0.663. The highest BCUT2D eigenvalue weighted by Gasteiger charge is 2.03. The minimum Gasteiger partial charge on any atom is -0.310 e. The summed E-state index contributed by atoms with van der Waals surface area (Å²) < 4.78 is 0. The van der Waals surface area contributed by atoms with Gasteiger partial charge in [0.2, 0.25) is 0 Å². The Labute approximate surface area is 117 Å². The number of hydrogen-bond donors (Lipinski definition) is 1. The number of benzene rings is 1. The number of nitrogens with one attached hydrogen (secondary N) is 1. The van der Waals surface area contributed by atoms with E-state index in [1.807, 2.05) is 11.8 Å². The van der Waals surface area contributed by atoms with Crippen molar-refractivity contribution in [1.82, 2.24) is 5.32 Å². The summed E-state index contributed by atoms with van der Waals surface area (Å²) in [6.45, 7) is 5.61. The topological polar surface area (TPSA) is 12.0 Å². The molecule has 0 radical (unpaired) electrons. The Kier molecular flexibility index (Phi) is 8.19. The molecule has 0 saturated carbocycles. The highest BCUT2D eigenvalue weighted by atomic mass is 32.2. The van der Waals surface area contributed by atoms with Gasteiger partial charge in [0.1, 0.15) is 0 Å². The van der Waals surface area contributed by atoms with E-state index in [2.05, 4.69) is 49.7 Å². The van der Waals surface area contributed by atoms with Gasteiger partial charge in [0.15, 0.2) is 0 Å². The molecule has 0 amide bonds. The van der Waals surface area contributed by atoms with E-state index in [4.69, 9.17) is 0 Å². The Bertz CT molecular complexity index is 307. The molecular weight excluding hydrogens is 238 g/mol. The first-order chi connectivity index (χ1) is 8.77. The van der Waals surface area contributed by atoms with Gasteiger partial charge in [-0.2, -0.15) is 11.8 Å². The van der Waals surface area contributed by atoms with Gasteiger partial charge in [-0.1, -0.05) is 37.6 Å². The van der Waals surface area contributed by atoms with E-state index in [1.165, 1.54) is 42.6 Å². The molecule has 18 heavy (non-hydrogen) atoms. The summed E-state index contributed by atoms with van der Waals surface area (Å²) in [5.74, 6) is 1.28. The van der Waals surface area contributed by atoms with Gasteiger partial charge in [0.05, 0.1) is 0 Å². The van der Waals surface area contributed by atoms with Crippen LogP contribution in [0.15, 0.2) is 24.3 Å². The van der Waals surface area contributed by atoms with Crippen LogP contribution in [0, 0.1) is 0 Å². The number of hydrogen-bond acceptors (Lipinski definition) is 2. The lowest BCUT2D eigenvalue weighted by Crippen LogP contribution is -2.19. The maximum Gasteiger partial charge on any atom is 0.0291 e. The number of rotatable bonds is 9. The van der Waals surface area contributed by atoms with Crippen LogP contribution in [-0.4, -0.2) is 18.6 Å². The third-order valence-electron chi connectivity index (χ3n) is 3.24. The number of thioether (sulfide) groups is 1. The smallest absolute Gasteiger partial charge is 0.0291 e. The van der Waals surface area contributed by atoms with E-state index < -0.39 is 0 Å². The molecule has 0 aromatic heterocycles. The Balaban J connectivity index is 2.30. The predicted octanol–water partition coefficient (Wildman–Crippen LogP) is 4.43. The van der Waals surface area contributed by atoms with Crippen molar-refractivity contribution in [1.29, 1.82) is 0 Å². The predicted molar refractivity (Wildman–Crippen MR) is 84.5 cm³/mol. The zero-order valence-electron chi connectivity index (χ0n) is 12.0. The molecule has 1 atom stereocenters. The largest absolute Gasteiger partial charge is 0.310 e. The van der Waals surface area contributed by atoms with E-state index in [9.17, 15) is 0 Å². The molecule has 0 aliphatic heterocycles. The molecule has 2 heteroatoms. The first kappa shape index (κ1) is 15.6. The SMILES string of the molecule is CCCc1ccc(C(C)NCCCCSC)cc1. The molecule has 0 heterocycles. The van der Waals surface area contributed by atoms with Gasteiger partial charge in [-0.25, -0.2) is 0 Å². The zero-order valence-corrected chi connectivity index (χ0v) is 12.9. The number of aryl methyl sites for hydroxylation is 1. The van der Waals surface area contributed by atoms with Gasteiger partial charge in [-0.05, 0) is 55.9 Å². The van der Waals surface area contributed by atoms with Crippen molar-refractivity contribution in [2.24, 2.45) is 0 Å². The van der Waals surface area contributed by atoms with E-state index >= 15 is 0 Å². The second kappa shape index (κ2) is 9.46. The van der Waals surface area contributed by atoms with Gasteiger partial charge >= 0.3 is 0 Å². The Morgan fingerprint density at radius 3 is 2.50 bits per heavy atom. The molecule has 1 N–H and O–H groups in total. The molecule has 0 fully saturated rings. The third kappa shape index (κ3) is 5.92. The van der Waals surface area contributed by atoms with Crippen molar-refractivity contribution < 1.29 is 0 Å². The second-order valence-electron chi connectivity index (χ2n) is 4.87. The van der Waals surface area contributed by atoms with Crippen LogP contribution in [0.1, 0.15) is 50.3 Å². The highest BCUT2D eigenvalue weighted by molar-refractivity contribution is 7.98. The van der Waals surface area contributed by atoms with Crippen LogP contribution in [0.4, 0.5) is 0 Å². The first-order valence-corrected chi connectivity index (χ1v) is 8.48. The molecule has 1 nitrogen and oxygen atoms in total. The van der Waals surface area contributed by atoms with Crippen LogP contribution in [-0.2, 0) is 6.42 Å². The van der Waals surface area contributed by atoms with Crippen LogP contribution >= 0.6 is 11.8 Å². The van der Waals surface area contributed by atoms with Crippen molar-refractivity contribution in [3.8, 4) is 0 Å².